The summed E-state index contributed by atoms with van der Waals surface area (Å²) in [7, 11) is 0. The second-order valence-corrected chi connectivity index (χ2v) is 9.81. The molecule has 0 aromatic rings. The van der Waals surface area contributed by atoms with Gasteiger partial charge in [0, 0.05) is 0 Å². The molecular formula is C15H26Zr. The summed E-state index contributed by atoms with van der Waals surface area (Å²) in [6, 6.07) is 0. The van der Waals surface area contributed by atoms with E-state index in [2.05, 4.69) is 41.5 Å². The van der Waals surface area contributed by atoms with E-state index in [0.717, 1.165) is 0 Å². The molecule has 0 nitrogen and oxygen atoms in total. The van der Waals surface area contributed by atoms with E-state index < -0.39 is 0 Å². The Kier molecular flexibility index (Phi) is 5.23. The van der Waals surface area contributed by atoms with Gasteiger partial charge in [0.25, 0.3) is 0 Å². The molecule has 0 aliphatic heterocycles. The molecule has 0 saturated carbocycles. The van der Waals surface area contributed by atoms with Crippen LogP contribution >= 0.6 is 0 Å². The summed E-state index contributed by atoms with van der Waals surface area (Å²) in [5.41, 5.74) is 6.53. The molecule has 90 valence electrons. The van der Waals surface area contributed by atoms with Gasteiger partial charge in [-0.2, -0.15) is 0 Å². The molecule has 0 aromatic heterocycles. The number of hydrogen-bond donors (Lipinski definition) is 0. The summed E-state index contributed by atoms with van der Waals surface area (Å²) in [6.45, 7) is 14.2. The van der Waals surface area contributed by atoms with Crippen LogP contribution in [0.3, 0.4) is 0 Å². The molecule has 0 bridgehead atoms. The summed E-state index contributed by atoms with van der Waals surface area (Å²) >= 11 is -0.303. The van der Waals surface area contributed by atoms with Crippen LogP contribution in [0.4, 0.5) is 0 Å². The van der Waals surface area contributed by atoms with Crippen LogP contribution < -0.4 is 0 Å². The molecule has 1 heteroatoms. The average Bonchev–Trinajstić information content (AvgIpc) is 2.42. The third kappa shape index (κ3) is 2.61. The van der Waals surface area contributed by atoms with Gasteiger partial charge in [-0.1, -0.05) is 0 Å². The van der Waals surface area contributed by atoms with Gasteiger partial charge >= 0.3 is 114 Å². The quantitative estimate of drug-likeness (QED) is 0.584. The summed E-state index contributed by atoms with van der Waals surface area (Å²) in [6.07, 6.45) is 4.26. The van der Waals surface area contributed by atoms with Gasteiger partial charge < -0.3 is 0 Å². The van der Waals surface area contributed by atoms with Gasteiger partial charge in [-0.25, -0.2) is 0 Å². The fourth-order valence-electron chi connectivity index (χ4n) is 2.57. The van der Waals surface area contributed by atoms with Crippen LogP contribution in [0.25, 0.3) is 0 Å². The molecule has 16 heavy (non-hydrogen) atoms. The Bertz CT molecular complexity index is 296. The fraction of sp³-hybridized carbons (Fsp3) is 0.733. The summed E-state index contributed by atoms with van der Waals surface area (Å²) in [5.74, 6) is 0. The topological polar surface area (TPSA) is 0 Å². The molecule has 0 saturated heterocycles. The molecule has 0 amide bonds. The molecule has 0 spiro atoms. The Labute approximate surface area is 113 Å². The Hall–Kier alpha value is 0.363. The molecule has 1 aliphatic carbocycles. The SMILES string of the molecule is CCCC[CH2][Zr][C]1(C)C(C)=C(C)C(C)=C1C. The molecule has 0 atom stereocenters. The first-order valence-electron chi connectivity index (χ1n) is 6.56. The maximum absolute atomic E-state index is 2.51. The number of rotatable bonds is 5. The number of unbranched alkanes of at least 4 members (excludes halogenated alkanes) is 2. The second-order valence-electron chi connectivity index (χ2n) is 5.26. The monoisotopic (exact) mass is 296 g/mol. The zero-order valence-corrected chi connectivity index (χ0v) is 14.3. The Morgan fingerprint density at radius 1 is 0.938 bits per heavy atom. The van der Waals surface area contributed by atoms with Gasteiger partial charge in [-0.05, 0) is 0 Å². The molecule has 0 unspecified atom stereocenters. The molecule has 1 aliphatic rings. The van der Waals surface area contributed by atoms with E-state index in [9.17, 15) is 0 Å². The van der Waals surface area contributed by atoms with Crippen molar-refractivity contribution in [3.05, 3.63) is 22.3 Å². The standard InChI is InChI=1S/C10H15.C5H11.Zr/c1-6-7(2)9(4)10(5)8(6)3;1-3-5-4-2;/h1-5H3;1,3-5H2,2H3;. The predicted octanol–water partition coefficient (Wildman–Crippen LogP) is 5.54. The first-order valence-corrected chi connectivity index (χ1v) is 9.53. The van der Waals surface area contributed by atoms with Crippen LogP contribution in [0.2, 0.25) is 7.25 Å². The van der Waals surface area contributed by atoms with Gasteiger partial charge in [0.15, 0.2) is 0 Å². The van der Waals surface area contributed by atoms with Crippen molar-refractivity contribution in [3.8, 4) is 0 Å². The van der Waals surface area contributed by atoms with Gasteiger partial charge in [-0.15, -0.1) is 0 Å². The van der Waals surface area contributed by atoms with Crippen molar-refractivity contribution in [2.45, 2.75) is 68.1 Å². The van der Waals surface area contributed by atoms with E-state index in [4.69, 9.17) is 0 Å². The fourth-order valence-corrected chi connectivity index (χ4v) is 7.08. The van der Waals surface area contributed by atoms with Crippen LogP contribution in [0.5, 0.6) is 0 Å². The normalized spacial score (nSPS) is 19.6. The Balaban J connectivity index is 2.71. The van der Waals surface area contributed by atoms with Crippen LogP contribution in [0.15, 0.2) is 22.3 Å². The van der Waals surface area contributed by atoms with Crippen molar-refractivity contribution in [1.29, 1.82) is 0 Å². The van der Waals surface area contributed by atoms with Gasteiger partial charge in [0.2, 0.25) is 0 Å². The van der Waals surface area contributed by atoms with Crippen molar-refractivity contribution >= 4 is 0 Å². The van der Waals surface area contributed by atoms with Gasteiger partial charge in [-0.3, -0.25) is 0 Å². The Morgan fingerprint density at radius 3 is 1.88 bits per heavy atom. The Morgan fingerprint density at radius 2 is 1.44 bits per heavy atom. The van der Waals surface area contributed by atoms with Crippen molar-refractivity contribution in [3.63, 3.8) is 0 Å². The summed E-state index contributed by atoms with van der Waals surface area (Å²) in [5, 5.41) is 0. The first-order chi connectivity index (χ1) is 7.45. The van der Waals surface area contributed by atoms with Crippen LogP contribution in [0.1, 0.15) is 60.8 Å². The van der Waals surface area contributed by atoms with Crippen LogP contribution in [-0.2, 0) is 23.2 Å². The van der Waals surface area contributed by atoms with Crippen molar-refractivity contribution in [2.75, 3.05) is 0 Å². The zero-order valence-electron chi connectivity index (χ0n) is 11.8. The average molecular weight is 298 g/mol. The van der Waals surface area contributed by atoms with Gasteiger partial charge in [0.1, 0.15) is 0 Å². The molecule has 0 aromatic carbocycles. The molecular weight excluding hydrogens is 271 g/mol. The molecule has 0 heterocycles. The first kappa shape index (κ1) is 14.4. The van der Waals surface area contributed by atoms with Crippen molar-refractivity contribution < 1.29 is 23.2 Å². The molecule has 1 rings (SSSR count). The minimum absolute atomic E-state index is 0.303. The molecule has 0 fully saturated rings. The van der Waals surface area contributed by atoms with E-state index in [-0.39, 0.29) is 23.2 Å². The molecule has 0 radical (unpaired) electrons. The molecule has 0 N–H and O–H groups in total. The van der Waals surface area contributed by atoms with E-state index in [0.29, 0.717) is 3.12 Å². The van der Waals surface area contributed by atoms with E-state index in [1.165, 1.54) is 19.3 Å². The summed E-state index contributed by atoms with van der Waals surface area (Å²) < 4.78 is 2.08. The van der Waals surface area contributed by atoms with Crippen molar-refractivity contribution in [2.24, 2.45) is 0 Å². The van der Waals surface area contributed by atoms with E-state index >= 15 is 0 Å². The number of allylic oxidation sites excluding steroid dienone is 4. The van der Waals surface area contributed by atoms with E-state index in [1.54, 1.807) is 26.4 Å². The third-order valence-electron chi connectivity index (χ3n) is 4.45. The van der Waals surface area contributed by atoms with Crippen molar-refractivity contribution in [1.82, 2.24) is 0 Å². The minimum atomic E-state index is -0.303. The third-order valence-corrected chi connectivity index (χ3v) is 9.51. The van der Waals surface area contributed by atoms with Crippen LogP contribution in [0, 0.1) is 0 Å². The predicted molar refractivity (Wildman–Crippen MR) is 69.4 cm³/mol. The van der Waals surface area contributed by atoms with E-state index in [1.807, 2.05) is 0 Å². The zero-order chi connectivity index (χ0) is 12.3. The summed E-state index contributed by atoms with van der Waals surface area (Å²) in [4.78, 5) is 0. The van der Waals surface area contributed by atoms with Crippen LogP contribution in [-0.4, -0.2) is 0 Å². The maximum atomic E-state index is 2.51. The second kappa shape index (κ2) is 5.81. The number of hydrogen-bond acceptors (Lipinski definition) is 0. The van der Waals surface area contributed by atoms with Gasteiger partial charge in [0.05, 0.1) is 0 Å².